The third-order valence-electron chi connectivity index (χ3n) is 20.4. The Balaban J connectivity index is 0.738. The van der Waals surface area contributed by atoms with Crippen molar-refractivity contribution in [3.05, 3.63) is 339 Å². The molecule has 1 aliphatic rings. The third kappa shape index (κ3) is 8.82. The molecule has 12 aromatic carbocycles. The largest absolute Gasteiger partial charge is 0.309 e. The highest BCUT2D eigenvalue weighted by atomic mass is 15.2. The number of nitrogens with zero attached hydrogens (tertiary/aromatic N) is 8. The average molecular weight is 1230 g/mol. The second-order valence-electron chi connectivity index (χ2n) is 25.6. The molecule has 0 saturated heterocycles. The van der Waals surface area contributed by atoms with Crippen molar-refractivity contribution < 1.29 is 0 Å². The smallest absolute Gasteiger partial charge is 0.140 e. The lowest BCUT2D eigenvalue weighted by atomic mass is 9.65. The van der Waals surface area contributed by atoms with Gasteiger partial charge < -0.3 is 9.13 Å². The Hall–Kier alpha value is -12.3. The first-order valence-electron chi connectivity index (χ1n) is 33.5. The van der Waals surface area contributed by atoms with Crippen LogP contribution in [0, 0.1) is 0 Å². The Morgan fingerprint density at radius 3 is 0.833 bits per heavy atom. The molecule has 0 spiro atoms. The lowest BCUT2D eigenvalue weighted by Gasteiger charge is -2.39. The lowest BCUT2D eigenvalue weighted by Crippen LogP contribution is -2.30. The van der Waals surface area contributed by atoms with Crippen molar-refractivity contribution in [1.29, 1.82) is 0 Å². The van der Waals surface area contributed by atoms with Crippen LogP contribution in [0.1, 0.15) is 43.2 Å². The van der Waals surface area contributed by atoms with Crippen molar-refractivity contribution in [2.45, 2.75) is 37.5 Å². The number of benzene rings is 12. The zero-order chi connectivity index (χ0) is 63.3. The Bertz CT molecular complexity index is 5150. The molecule has 0 unspecified atom stereocenters. The predicted molar refractivity (Wildman–Crippen MR) is 399 cm³/mol. The van der Waals surface area contributed by atoms with Gasteiger partial charge in [0.15, 0.2) is 0 Å². The van der Waals surface area contributed by atoms with Crippen molar-refractivity contribution in [2.24, 2.45) is 0 Å². The van der Waals surface area contributed by atoms with Crippen LogP contribution in [-0.4, -0.2) is 28.2 Å². The number of para-hydroxylation sites is 8. The summed E-state index contributed by atoms with van der Waals surface area (Å²) >= 11 is 0. The monoisotopic (exact) mass is 1230 g/mol. The molecule has 0 radical (unpaired) electrons. The number of hydrogen-bond donors (Lipinski definition) is 0. The zero-order valence-electron chi connectivity index (χ0n) is 52.8. The van der Waals surface area contributed by atoms with Crippen LogP contribution in [0.2, 0.25) is 0 Å². The maximum absolute atomic E-state index is 5.66. The van der Waals surface area contributed by atoms with Crippen LogP contribution in [0.4, 0.5) is 34.4 Å². The molecule has 0 atom stereocenters. The molecule has 18 aromatic rings. The summed E-state index contributed by atoms with van der Waals surface area (Å²) < 4.78 is 9.43. The summed E-state index contributed by atoms with van der Waals surface area (Å²) in [4.78, 5) is 16.0. The average Bonchev–Trinajstić information content (AvgIpc) is 1.48. The molecule has 0 amide bonds. The van der Waals surface area contributed by atoms with Crippen LogP contribution in [-0.2, 0) is 5.41 Å². The first kappa shape index (κ1) is 55.4. The molecule has 8 nitrogen and oxygen atoms in total. The van der Waals surface area contributed by atoms with Crippen LogP contribution in [0.25, 0.3) is 110 Å². The number of anilines is 6. The third-order valence-corrected chi connectivity index (χ3v) is 20.4. The number of pyridine rings is 2. The molecule has 0 aliphatic heterocycles. The van der Waals surface area contributed by atoms with Gasteiger partial charge in [0.05, 0.1) is 44.1 Å². The molecular weight excluding hydrogens is 1170 g/mol. The highest BCUT2D eigenvalue weighted by Gasteiger charge is 2.36. The maximum atomic E-state index is 5.66. The van der Waals surface area contributed by atoms with Crippen molar-refractivity contribution >= 4 is 122 Å². The van der Waals surface area contributed by atoms with E-state index in [1.807, 2.05) is 0 Å². The van der Waals surface area contributed by atoms with Crippen LogP contribution < -0.4 is 9.80 Å². The molecule has 6 aromatic heterocycles. The molecule has 1 aliphatic carbocycles. The van der Waals surface area contributed by atoms with Gasteiger partial charge in [-0.3, -0.25) is 18.9 Å². The summed E-state index contributed by atoms with van der Waals surface area (Å²) in [5.41, 5.74) is 17.8. The minimum atomic E-state index is -0.221. The normalized spacial score (nSPS) is 13.3. The van der Waals surface area contributed by atoms with Gasteiger partial charge in [0.25, 0.3) is 0 Å². The van der Waals surface area contributed by atoms with Crippen molar-refractivity contribution in [1.82, 2.24) is 28.2 Å². The summed E-state index contributed by atoms with van der Waals surface area (Å²) in [6.45, 7) is 0. The number of rotatable bonds is 12. The zero-order valence-corrected chi connectivity index (χ0v) is 52.8. The van der Waals surface area contributed by atoms with E-state index < -0.39 is 0 Å². The van der Waals surface area contributed by atoms with Gasteiger partial charge in [-0.2, -0.15) is 0 Å². The minimum absolute atomic E-state index is 0.221. The van der Waals surface area contributed by atoms with Crippen LogP contribution in [0.5, 0.6) is 0 Å². The summed E-state index contributed by atoms with van der Waals surface area (Å²) in [7, 11) is 0. The van der Waals surface area contributed by atoms with E-state index in [2.05, 4.69) is 356 Å². The van der Waals surface area contributed by atoms with E-state index in [-0.39, 0.29) is 5.41 Å². The lowest BCUT2D eigenvalue weighted by molar-refractivity contribution is 0.346. The standard InChI is InChI=1S/C88H64N8/c1-18-56-88(57-19-1,60-48-52-62(53-49-60)91(64-24-20-26-66(58-64)93-76-36-10-2-28-68(76)69-29-3-11-37-77(69)93)84-44-22-46-86(89-84)95-80-40-14-6-32-72(80)73-33-7-15-41-81(73)95)61-50-54-63(55-51-61)92(65-25-21-27-67(59-65)94-78-38-12-4-30-70(78)71-31-5-13-39-79(71)94)85-45-23-47-87(90-85)96-82-42-16-8-34-74(82)75-35-9-17-43-83(75)96/h2-17,20-55,58-59H,1,18-19,56-57H2. The van der Waals surface area contributed by atoms with Gasteiger partial charge in [0.2, 0.25) is 0 Å². The van der Waals surface area contributed by atoms with E-state index in [4.69, 9.17) is 9.97 Å². The molecule has 456 valence electrons. The van der Waals surface area contributed by atoms with Gasteiger partial charge in [-0.05, 0) is 157 Å². The molecule has 0 bridgehead atoms. The van der Waals surface area contributed by atoms with Crippen molar-refractivity contribution in [3.63, 3.8) is 0 Å². The van der Waals surface area contributed by atoms with E-state index >= 15 is 0 Å². The van der Waals surface area contributed by atoms with Gasteiger partial charge in [-0.15, -0.1) is 0 Å². The van der Waals surface area contributed by atoms with Gasteiger partial charge in [0.1, 0.15) is 23.3 Å². The Kier molecular flexibility index (Phi) is 13.0. The Morgan fingerprint density at radius 2 is 0.521 bits per heavy atom. The van der Waals surface area contributed by atoms with Gasteiger partial charge >= 0.3 is 0 Å². The number of fused-ring (bicyclic) bond motifs is 12. The molecule has 96 heavy (non-hydrogen) atoms. The van der Waals surface area contributed by atoms with Gasteiger partial charge in [0, 0.05) is 82.6 Å². The van der Waals surface area contributed by atoms with Gasteiger partial charge in [-0.25, -0.2) is 9.97 Å². The second kappa shape index (κ2) is 22.5. The SMILES string of the molecule is c1cc(N(c2ccc(C3(c4ccc(N(c5cccc(-n6c7ccccc7c7ccccc76)c5)c5cccc(-n6c7ccccc7c7ccccc76)n5)cc4)CCCCC3)cc2)c2cccc(-n3c4ccccc4c4ccccc43)n2)cc(-n2c3ccccc3c3ccccc32)c1. The van der Waals surface area contributed by atoms with E-state index in [1.165, 1.54) is 82.7 Å². The van der Waals surface area contributed by atoms with Crippen LogP contribution in [0.3, 0.4) is 0 Å². The first-order chi connectivity index (χ1) is 47.6. The van der Waals surface area contributed by atoms with E-state index in [1.54, 1.807) is 0 Å². The molecule has 0 N–H and O–H groups in total. The fourth-order valence-electron chi connectivity index (χ4n) is 16.2. The molecule has 8 heteroatoms. The highest BCUT2D eigenvalue weighted by molar-refractivity contribution is 6.12. The molecule has 6 heterocycles. The molecular formula is C88H64N8. The highest BCUT2D eigenvalue weighted by Crippen LogP contribution is 2.48. The summed E-state index contributed by atoms with van der Waals surface area (Å²) in [5, 5.41) is 9.74. The summed E-state index contributed by atoms with van der Waals surface area (Å²) in [6, 6.07) is 119. The fourth-order valence-corrected chi connectivity index (χ4v) is 16.2. The predicted octanol–water partition coefficient (Wildman–Crippen LogP) is 23.1. The molecule has 1 fully saturated rings. The van der Waals surface area contributed by atoms with Gasteiger partial charge in [-0.1, -0.05) is 213 Å². The Labute approximate surface area is 555 Å². The summed E-state index contributed by atoms with van der Waals surface area (Å²) in [6.07, 6.45) is 5.60. The van der Waals surface area contributed by atoms with E-state index in [0.717, 1.165) is 105 Å². The van der Waals surface area contributed by atoms with Crippen molar-refractivity contribution in [3.8, 4) is 23.0 Å². The fraction of sp³-hybridized carbons (Fsp3) is 0.0682. The van der Waals surface area contributed by atoms with Crippen molar-refractivity contribution in [2.75, 3.05) is 9.80 Å². The molecule has 1 saturated carbocycles. The maximum Gasteiger partial charge on any atom is 0.140 e. The first-order valence-corrected chi connectivity index (χ1v) is 33.5. The van der Waals surface area contributed by atoms with E-state index in [0.29, 0.717) is 0 Å². The number of hydrogen-bond acceptors (Lipinski definition) is 4. The summed E-state index contributed by atoms with van der Waals surface area (Å²) in [5.74, 6) is 3.36. The topological polar surface area (TPSA) is 52.0 Å². The molecule has 19 rings (SSSR count). The van der Waals surface area contributed by atoms with E-state index in [9.17, 15) is 0 Å². The second-order valence-corrected chi connectivity index (χ2v) is 25.6. The Morgan fingerprint density at radius 1 is 0.240 bits per heavy atom. The minimum Gasteiger partial charge on any atom is -0.309 e. The van der Waals surface area contributed by atoms with Crippen LogP contribution in [0.15, 0.2) is 328 Å². The number of aromatic nitrogens is 6. The quantitative estimate of drug-likeness (QED) is 0.122. The van der Waals surface area contributed by atoms with Crippen LogP contribution >= 0.6 is 0 Å².